The molecule has 0 amide bonds. The number of rotatable bonds is 1. The Kier molecular flexibility index (Phi) is 4.16. The van der Waals surface area contributed by atoms with E-state index in [2.05, 4.69) is 6.26 Å². The highest BCUT2D eigenvalue weighted by atomic mass is 35.6. The van der Waals surface area contributed by atoms with Gasteiger partial charge in [0.2, 0.25) is 7.46 Å². The van der Waals surface area contributed by atoms with Crippen molar-refractivity contribution in [2.24, 2.45) is 0 Å². The zero-order valence-corrected chi connectivity index (χ0v) is 8.60. The second-order valence-electron chi connectivity index (χ2n) is 1.16. The molecule has 0 aliphatic carbocycles. The van der Waals surface area contributed by atoms with Crippen LogP contribution in [0, 0.1) is 6.26 Å². The molecule has 0 N–H and O–H groups in total. The highest BCUT2D eigenvalue weighted by molar-refractivity contribution is 8.04. The van der Waals surface area contributed by atoms with Gasteiger partial charge in [-0.3, -0.25) is 0 Å². The maximum absolute atomic E-state index is 5.47. The van der Waals surface area contributed by atoms with Gasteiger partial charge in [-0.05, 0) is 0 Å². The lowest BCUT2D eigenvalue weighted by atomic mass is 10.9. The van der Waals surface area contributed by atoms with Gasteiger partial charge in [-0.25, -0.2) is 0 Å². The minimum atomic E-state index is -1.71. The first-order valence-electron chi connectivity index (χ1n) is 1.69. The summed E-state index contributed by atoms with van der Waals surface area (Å²) in [5.74, 6) is 0. The summed E-state index contributed by atoms with van der Waals surface area (Å²) in [7, 11) is 0. The van der Waals surface area contributed by atoms with Gasteiger partial charge < -0.3 is 0 Å². The molecule has 0 fully saturated rings. The third-order valence-electron chi connectivity index (χ3n) is 0.511. The van der Waals surface area contributed by atoms with Gasteiger partial charge in [0.1, 0.15) is 0 Å². The van der Waals surface area contributed by atoms with E-state index >= 15 is 0 Å². The van der Waals surface area contributed by atoms with Gasteiger partial charge in [0.05, 0.1) is 0 Å². The number of hydrogen-bond donors (Lipinski definition) is 0. The molecule has 0 spiro atoms. The SMILES string of the molecule is [CH2]SC(Cl)(Cl)C(Cl)(Cl)Cl. The molecule has 6 heteroatoms. The van der Waals surface area contributed by atoms with E-state index in [1.165, 1.54) is 0 Å². The minimum absolute atomic E-state index is 0.819. The zero-order chi connectivity index (χ0) is 7.71. The first-order chi connectivity index (χ1) is 3.81. The summed E-state index contributed by atoms with van der Waals surface area (Å²) >= 11 is 27.7. The molecular formula is C3H2Cl5S. The topological polar surface area (TPSA) is 0 Å². The Balaban J connectivity index is 4.14. The highest BCUT2D eigenvalue weighted by Gasteiger charge is 2.45. The summed E-state index contributed by atoms with van der Waals surface area (Å²) < 4.78 is -3.18. The first kappa shape index (κ1) is 10.8. The van der Waals surface area contributed by atoms with Crippen LogP contribution < -0.4 is 0 Å². The Morgan fingerprint density at radius 1 is 1.00 bits per heavy atom. The van der Waals surface area contributed by atoms with E-state index in [1.807, 2.05) is 0 Å². The molecular weight excluding hydrogens is 245 g/mol. The second-order valence-corrected chi connectivity index (χ2v) is 6.12. The highest BCUT2D eigenvalue weighted by Crippen LogP contribution is 2.52. The molecule has 0 saturated carbocycles. The minimum Gasteiger partial charge on any atom is -0.118 e. The Morgan fingerprint density at radius 2 is 1.33 bits per heavy atom. The van der Waals surface area contributed by atoms with Crippen molar-refractivity contribution in [1.29, 1.82) is 0 Å². The summed E-state index contributed by atoms with van der Waals surface area (Å²) in [5, 5.41) is 0. The van der Waals surface area contributed by atoms with Crippen LogP contribution in [0.25, 0.3) is 0 Å². The summed E-state index contributed by atoms with van der Waals surface area (Å²) in [6.45, 7) is 0. The van der Waals surface area contributed by atoms with Crippen LogP contribution in [-0.4, -0.2) is 7.46 Å². The van der Waals surface area contributed by atoms with Crippen LogP contribution in [0.4, 0.5) is 0 Å². The molecule has 0 aromatic heterocycles. The quantitative estimate of drug-likeness (QED) is 0.631. The van der Waals surface area contributed by atoms with Crippen LogP contribution in [0.3, 0.4) is 0 Å². The summed E-state index contributed by atoms with van der Waals surface area (Å²) in [6, 6.07) is 0. The number of alkyl halides is 5. The van der Waals surface area contributed by atoms with Crippen LogP contribution in [0.5, 0.6) is 0 Å². The fourth-order valence-corrected chi connectivity index (χ4v) is 0.736. The van der Waals surface area contributed by atoms with Gasteiger partial charge in [0.15, 0.2) is 0 Å². The monoisotopic (exact) mass is 245 g/mol. The van der Waals surface area contributed by atoms with E-state index in [1.54, 1.807) is 0 Å². The first-order valence-corrected chi connectivity index (χ1v) is 4.56. The third kappa shape index (κ3) is 3.13. The normalized spacial score (nSPS) is 14.0. The molecule has 0 aliphatic rings. The largest absolute Gasteiger partial charge is 0.232 e. The maximum atomic E-state index is 5.47. The summed E-state index contributed by atoms with van der Waals surface area (Å²) in [4.78, 5) is 0. The molecule has 0 saturated heterocycles. The maximum Gasteiger partial charge on any atom is 0.232 e. The average molecular weight is 247 g/mol. The van der Waals surface area contributed by atoms with Crippen molar-refractivity contribution >= 4 is 69.8 Å². The Morgan fingerprint density at radius 3 is 1.33 bits per heavy atom. The van der Waals surface area contributed by atoms with E-state index in [0.29, 0.717) is 0 Å². The van der Waals surface area contributed by atoms with E-state index in [4.69, 9.17) is 58.0 Å². The van der Waals surface area contributed by atoms with Gasteiger partial charge >= 0.3 is 0 Å². The molecule has 0 nitrogen and oxygen atoms in total. The van der Waals surface area contributed by atoms with Crippen molar-refractivity contribution in [3.8, 4) is 0 Å². The fourth-order valence-electron chi connectivity index (χ4n) is 0.0818. The van der Waals surface area contributed by atoms with Gasteiger partial charge in [-0.2, -0.15) is 0 Å². The van der Waals surface area contributed by atoms with Crippen LogP contribution in [-0.2, 0) is 0 Å². The molecule has 0 aromatic rings. The lowest BCUT2D eigenvalue weighted by Gasteiger charge is -2.24. The molecule has 0 aliphatic heterocycles. The smallest absolute Gasteiger partial charge is 0.118 e. The number of hydrogen-bond acceptors (Lipinski definition) is 1. The molecule has 55 valence electrons. The van der Waals surface area contributed by atoms with Crippen LogP contribution >= 0.6 is 69.8 Å². The van der Waals surface area contributed by atoms with Crippen LogP contribution in [0.1, 0.15) is 0 Å². The molecule has 9 heavy (non-hydrogen) atoms. The number of halogens is 5. The Bertz CT molecular complexity index is 94.9. The van der Waals surface area contributed by atoms with Crippen molar-refractivity contribution in [3.63, 3.8) is 0 Å². The predicted molar refractivity (Wildman–Crippen MR) is 47.7 cm³/mol. The molecule has 0 unspecified atom stereocenters. The average Bonchev–Trinajstić information content (AvgIpc) is 1.64. The fraction of sp³-hybridized carbons (Fsp3) is 0.667. The van der Waals surface area contributed by atoms with Crippen molar-refractivity contribution in [2.75, 3.05) is 0 Å². The number of thioether (sulfide) groups is 1. The van der Waals surface area contributed by atoms with Crippen molar-refractivity contribution < 1.29 is 0 Å². The Labute approximate surface area is 83.1 Å². The van der Waals surface area contributed by atoms with Gasteiger partial charge in [0.25, 0.3) is 0 Å². The molecule has 0 bridgehead atoms. The second kappa shape index (κ2) is 3.46. The lowest BCUT2D eigenvalue weighted by molar-refractivity contribution is 1.12. The molecule has 0 heterocycles. The van der Waals surface area contributed by atoms with E-state index < -0.39 is 7.46 Å². The lowest BCUT2D eigenvalue weighted by Crippen LogP contribution is -2.25. The van der Waals surface area contributed by atoms with Crippen molar-refractivity contribution in [3.05, 3.63) is 6.26 Å². The van der Waals surface area contributed by atoms with E-state index in [9.17, 15) is 0 Å². The third-order valence-corrected chi connectivity index (χ3v) is 4.17. The van der Waals surface area contributed by atoms with Gasteiger partial charge in [-0.15, -0.1) is 11.8 Å². The zero-order valence-electron chi connectivity index (χ0n) is 4.01. The van der Waals surface area contributed by atoms with Crippen LogP contribution in [0.15, 0.2) is 0 Å². The predicted octanol–water partition coefficient (Wildman–Crippen LogP) is 4.01. The standard InChI is InChI=1S/C3H2Cl5S/c1-9-3(7,8)2(4,5)6/h1H2. The summed E-state index contributed by atoms with van der Waals surface area (Å²) in [5.41, 5.74) is 0. The summed E-state index contributed by atoms with van der Waals surface area (Å²) in [6.07, 6.45) is 3.32. The van der Waals surface area contributed by atoms with Gasteiger partial charge in [-0.1, -0.05) is 58.0 Å². The Hall–Kier alpha value is 1.80. The molecule has 0 aromatic carbocycles. The molecule has 0 rings (SSSR count). The van der Waals surface area contributed by atoms with Crippen molar-refractivity contribution in [2.45, 2.75) is 7.46 Å². The van der Waals surface area contributed by atoms with Crippen molar-refractivity contribution in [1.82, 2.24) is 0 Å². The van der Waals surface area contributed by atoms with E-state index in [-0.39, 0.29) is 0 Å². The van der Waals surface area contributed by atoms with Gasteiger partial charge in [0, 0.05) is 6.26 Å². The van der Waals surface area contributed by atoms with Crippen LogP contribution in [0.2, 0.25) is 0 Å². The van der Waals surface area contributed by atoms with E-state index in [0.717, 1.165) is 11.8 Å². The molecule has 1 radical (unpaired) electrons. The molecule has 0 atom stereocenters.